The molecule has 1 aromatic heterocycles. The molecular formula is C12H13ClFN5. The van der Waals surface area contributed by atoms with Gasteiger partial charge in [-0.2, -0.15) is 4.98 Å². The number of aromatic nitrogens is 3. The Balaban J connectivity index is 1.90. The topological polar surface area (TPSA) is 70.8 Å². The predicted molar refractivity (Wildman–Crippen MR) is 71.6 cm³/mol. The van der Waals surface area contributed by atoms with Crippen LogP contribution in [0.15, 0.2) is 18.2 Å². The van der Waals surface area contributed by atoms with E-state index in [2.05, 4.69) is 15.2 Å². The number of hydrogen-bond acceptors (Lipinski definition) is 4. The Hall–Kier alpha value is -1.66. The minimum atomic E-state index is -0.384. The molecule has 0 bridgehead atoms. The molecule has 5 nitrogen and oxygen atoms in total. The number of rotatable bonds is 2. The zero-order chi connectivity index (χ0) is 13.4. The molecule has 1 saturated heterocycles. The van der Waals surface area contributed by atoms with Gasteiger partial charge in [-0.25, -0.2) is 4.39 Å². The van der Waals surface area contributed by atoms with Gasteiger partial charge in [0.1, 0.15) is 5.82 Å². The first kappa shape index (κ1) is 12.4. The van der Waals surface area contributed by atoms with Crippen molar-refractivity contribution in [2.75, 3.05) is 18.0 Å². The van der Waals surface area contributed by atoms with Crippen LogP contribution in [0.5, 0.6) is 0 Å². The predicted octanol–water partition coefficient (Wildman–Crippen LogP) is 1.80. The Kier molecular flexibility index (Phi) is 3.12. The number of hydrogen-bond donors (Lipinski definition) is 2. The summed E-state index contributed by atoms with van der Waals surface area (Å²) in [5.41, 5.74) is 6.15. The summed E-state index contributed by atoms with van der Waals surface area (Å²) in [5.74, 6) is 0.531. The molecular weight excluding hydrogens is 269 g/mol. The van der Waals surface area contributed by atoms with E-state index in [1.54, 1.807) is 0 Å². The molecule has 19 heavy (non-hydrogen) atoms. The molecule has 0 saturated carbocycles. The monoisotopic (exact) mass is 281 g/mol. The van der Waals surface area contributed by atoms with Crippen molar-refractivity contribution in [3.05, 3.63) is 29.0 Å². The van der Waals surface area contributed by atoms with Crippen LogP contribution >= 0.6 is 11.6 Å². The lowest BCUT2D eigenvalue weighted by atomic mass is 10.2. The summed E-state index contributed by atoms with van der Waals surface area (Å²) in [5, 5.41) is 7.30. The molecule has 0 spiro atoms. The lowest BCUT2D eigenvalue weighted by Crippen LogP contribution is -2.26. The lowest BCUT2D eigenvalue weighted by molar-refractivity contribution is 0.630. The average Bonchev–Trinajstić information content (AvgIpc) is 3.00. The van der Waals surface area contributed by atoms with Crippen LogP contribution in [0.1, 0.15) is 6.42 Å². The number of nitrogens with two attached hydrogens (primary N) is 1. The van der Waals surface area contributed by atoms with E-state index in [0.29, 0.717) is 22.4 Å². The third-order valence-corrected chi connectivity index (χ3v) is 3.40. The van der Waals surface area contributed by atoms with Crippen molar-refractivity contribution < 1.29 is 4.39 Å². The third-order valence-electron chi connectivity index (χ3n) is 3.16. The lowest BCUT2D eigenvalue weighted by Gasteiger charge is -2.11. The highest BCUT2D eigenvalue weighted by atomic mass is 35.5. The second-order valence-corrected chi connectivity index (χ2v) is 5.04. The number of aromatic amines is 1. The van der Waals surface area contributed by atoms with Gasteiger partial charge in [0.2, 0.25) is 5.95 Å². The van der Waals surface area contributed by atoms with Crippen LogP contribution in [-0.4, -0.2) is 34.3 Å². The van der Waals surface area contributed by atoms with Gasteiger partial charge in [-0.15, -0.1) is 5.10 Å². The van der Waals surface area contributed by atoms with Crippen molar-refractivity contribution in [3.63, 3.8) is 0 Å². The fraction of sp³-hybridized carbons (Fsp3) is 0.333. The summed E-state index contributed by atoms with van der Waals surface area (Å²) in [7, 11) is 0. The maximum Gasteiger partial charge on any atom is 0.245 e. The minimum Gasteiger partial charge on any atom is -0.338 e. The van der Waals surface area contributed by atoms with E-state index in [0.717, 1.165) is 19.5 Å². The maximum absolute atomic E-state index is 13.7. The van der Waals surface area contributed by atoms with Crippen molar-refractivity contribution >= 4 is 17.5 Å². The molecule has 1 aromatic carbocycles. The molecule has 3 N–H and O–H groups in total. The highest BCUT2D eigenvalue weighted by Crippen LogP contribution is 2.25. The van der Waals surface area contributed by atoms with Gasteiger partial charge >= 0.3 is 0 Å². The van der Waals surface area contributed by atoms with Crippen molar-refractivity contribution in [2.24, 2.45) is 5.73 Å². The second-order valence-electron chi connectivity index (χ2n) is 4.60. The van der Waals surface area contributed by atoms with E-state index < -0.39 is 0 Å². The molecule has 0 aliphatic carbocycles. The fourth-order valence-corrected chi connectivity index (χ4v) is 2.33. The average molecular weight is 282 g/mol. The Morgan fingerprint density at radius 1 is 1.47 bits per heavy atom. The molecule has 3 rings (SSSR count). The van der Waals surface area contributed by atoms with Crippen molar-refractivity contribution in [1.82, 2.24) is 15.2 Å². The number of nitrogens with one attached hydrogen (secondary N) is 1. The Labute approximate surface area is 114 Å². The quantitative estimate of drug-likeness (QED) is 0.881. The van der Waals surface area contributed by atoms with Gasteiger partial charge in [-0.3, -0.25) is 5.10 Å². The maximum atomic E-state index is 13.7. The van der Waals surface area contributed by atoms with Crippen molar-refractivity contribution in [1.29, 1.82) is 0 Å². The zero-order valence-electron chi connectivity index (χ0n) is 10.1. The van der Waals surface area contributed by atoms with Crippen LogP contribution < -0.4 is 10.6 Å². The van der Waals surface area contributed by atoms with E-state index in [4.69, 9.17) is 17.3 Å². The van der Waals surface area contributed by atoms with Gasteiger partial charge in [0.25, 0.3) is 0 Å². The van der Waals surface area contributed by atoms with E-state index in [9.17, 15) is 4.39 Å². The standard InChI is InChI=1S/C12H13ClFN5/c13-7-1-2-10(14)9(5-7)11-16-12(18-17-11)19-4-3-8(15)6-19/h1-2,5,8H,3-4,6,15H2,(H,16,17,18). The first-order chi connectivity index (χ1) is 9.13. The highest BCUT2D eigenvalue weighted by Gasteiger charge is 2.23. The smallest absolute Gasteiger partial charge is 0.245 e. The Morgan fingerprint density at radius 2 is 2.32 bits per heavy atom. The Morgan fingerprint density at radius 3 is 3.05 bits per heavy atom. The first-order valence-electron chi connectivity index (χ1n) is 6.02. The first-order valence-corrected chi connectivity index (χ1v) is 6.39. The van der Waals surface area contributed by atoms with Crippen molar-refractivity contribution in [3.8, 4) is 11.4 Å². The van der Waals surface area contributed by atoms with Crippen molar-refractivity contribution in [2.45, 2.75) is 12.5 Å². The molecule has 1 aliphatic heterocycles. The number of anilines is 1. The number of halogens is 2. The number of H-pyrrole nitrogens is 1. The normalized spacial score (nSPS) is 19.1. The summed E-state index contributed by atoms with van der Waals surface area (Å²) in [6, 6.07) is 4.48. The summed E-state index contributed by atoms with van der Waals surface area (Å²) in [4.78, 5) is 6.28. The molecule has 1 aliphatic rings. The van der Waals surface area contributed by atoms with Crippen LogP contribution in [0.25, 0.3) is 11.4 Å². The fourth-order valence-electron chi connectivity index (χ4n) is 2.16. The summed E-state index contributed by atoms with van der Waals surface area (Å²) >= 11 is 5.86. The summed E-state index contributed by atoms with van der Waals surface area (Å²) in [6.07, 6.45) is 0.912. The molecule has 2 aromatic rings. The molecule has 1 unspecified atom stereocenters. The number of benzene rings is 1. The SMILES string of the molecule is NC1CCN(c2n[nH]c(-c3cc(Cl)ccc3F)n2)C1. The zero-order valence-corrected chi connectivity index (χ0v) is 10.9. The van der Waals surface area contributed by atoms with Gasteiger partial charge in [0, 0.05) is 24.2 Å². The third kappa shape index (κ3) is 2.41. The van der Waals surface area contributed by atoms with E-state index in [1.165, 1.54) is 18.2 Å². The van der Waals surface area contributed by atoms with E-state index in [-0.39, 0.29) is 11.9 Å². The van der Waals surface area contributed by atoms with Gasteiger partial charge < -0.3 is 10.6 Å². The minimum absolute atomic E-state index is 0.143. The van der Waals surface area contributed by atoms with Crippen LogP contribution in [-0.2, 0) is 0 Å². The molecule has 0 radical (unpaired) electrons. The molecule has 0 amide bonds. The summed E-state index contributed by atoms with van der Waals surface area (Å²) < 4.78 is 13.7. The number of nitrogens with zero attached hydrogens (tertiary/aromatic N) is 3. The second kappa shape index (κ2) is 4.79. The molecule has 1 fully saturated rings. The molecule has 1 atom stereocenters. The molecule has 100 valence electrons. The van der Waals surface area contributed by atoms with Gasteiger partial charge in [0.15, 0.2) is 5.82 Å². The molecule has 2 heterocycles. The highest BCUT2D eigenvalue weighted by molar-refractivity contribution is 6.30. The van der Waals surface area contributed by atoms with Crippen LogP contribution in [0.4, 0.5) is 10.3 Å². The van der Waals surface area contributed by atoms with Gasteiger partial charge in [0.05, 0.1) is 5.56 Å². The van der Waals surface area contributed by atoms with Gasteiger partial charge in [-0.1, -0.05) is 11.6 Å². The van der Waals surface area contributed by atoms with Crippen LogP contribution in [0.2, 0.25) is 5.02 Å². The summed E-state index contributed by atoms with van der Waals surface area (Å²) in [6.45, 7) is 1.53. The Bertz CT molecular complexity index is 600. The van der Waals surface area contributed by atoms with Gasteiger partial charge in [-0.05, 0) is 24.6 Å². The molecule has 7 heteroatoms. The van der Waals surface area contributed by atoms with E-state index >= 15 is 0 Å². The van der Waals surface area contributed by atoms with E-state index in [1.807, 2.05) is 4.90 Å². The van der Waals surface area contributed by atoms with Crippen LogP contribution in [0.3, 0.4) is 0 Å². The largest absolute Gasteiger partial charge is 0.338 e. The van der Waals surface area contributed by atoms with Crippen LogP contribution in [0, 0.1) is 5.82 Å².